The fourth-order valence-corrected chi connectivity index (χ4v) is 6.16. The van der Waals surface area contributed by atoms with Gasteiger partial charge in [-0.3, -0.25) is 4.79 Å². The fraction of sp³-hybridized carbons (Fsp3) is 0.550. The van der Waals surface area contributed by atoms with Crippen LogP contribution in [-0.4, -0.2) is 62.9 Å². The minimum Gasteiger partial charge on any atom is -0.379 e. The number of likely N-dealkylation sites (tertiary alicyclic amines) is 1. The van der Waals surface area contributed by atoms with Crippen LogP contribution in [0.15, 0.2) is 34.7 Å². The molecular weight excluding hydrogens is 400 g/mol. The Hall–Kier alpha value is -1.41. The van der Waals surface area contributed by atoms with Crippen LogP contribution in [-0.2, 0) is 14.8 Å². The van der Waals surface area contributed by atoms with Crippen molar-refractivity contribution in [1.29, 1.82) is 0 Å². The van der Waals surface area contributed by atoms with E-state index in [0.717, 1.165) is 12.8 Å². The molecule has 152 valence electrons. The topological polar surface area (TPSA) is 66.9 Å². The second-order valence-electron chi connectivity index (χ2n) is 7.58. The third kappa shape index (κ3) is 3.85. The Bertz CT molecular complexity index is 893. The van der Waals surface area contributed by atoms with Crippen LogP contribution in [0.1, 0.15) is 36.0 Å². The lowest BCUT2D eigenvalue weighted by Gasteiger charge is -2.36. The fourth-order valence-electron chi connectivity index (χ4n) is 4.25. The molecule has 28 heavy (non-hydrogen) atoms. The molecular formula is C20H25ClN2O4S. The smallest absolute Gasteiger partial charge is 0.254 e. The summed E-state index contributed by atoms with van der Waals surface area (Å²) in [7, 11) is -3.76. The Kier molecular flexibility index (Phi) is 5.78. The molecule has 1 aliphatic carbocycles. The summed E-state index contributed by atoms with van der Waals surface area (Å²) in [6, 6.07) is 4.55. The number of morpholine rings is 1. The molecule has 6 nitrogen and oxygen atoms in total. The quantitative estimate of drug-likeness (QED) is 0.699. The Labute approximate surface area is 171 Å². The van der Waals surface area contributed by atoms with Gasteiger partial charge in [-0.25, -0.2) is 8.42 Å². The molecule has 1 aromatic rings. The first-order valence-corrected chi connectivity index (χ1v) is 11.6. The van der Waals surface area contributed by atoms with E-state index in [2.05, 4.69) is 6.08 Å². The van der Waals surface area contributed by atoms with Gasteiger partial charge in [-0.05, 0) is 49.8 Å². The van der Waals surface area contributed by atoms with Crippen LogP contribution >= 0.6 is 11.6 Å². The average Bonchev–Trinajstić information content (AvgIpc) is 2.73. The number of piperidine rings is 1. The van der Waals surface area contributed by atoms with E-state index in [1.165, 1.54) is 34.9 Å². The van der Waals surface area contributed by atoms with E-state index in [4.69, 9.17) is 16.3 Å². The molecule has 0 bridgehead atoms. The summed E-state index contributed by atoms with van der Waals surface area (Å²) in [4.78, 5) is 14.9. The zero-order chi connectivity index (χ0) is 19.7. The highest BCUT2D eigenvalue weighted by Crippen LogP contribution is 2.33. The van der Waals surface area contributed by atoms with Gasteiger partial charge in [-0.1, -0.05) is 23.3 Å². The highest BCUT2D eigenvalue weighted by atomic mass is 35.5. The number of halogens is 1. The van der Waals surface area contributed by atoms with Crippen LogP contribution in [0.4, 0.5) is 0 Å². The van der Waals surface area contributed by atoms with E-state index < -0.39 is 10.0 Å². The van der Waals surface area contributed by atoms with Crippen molar-refractivity contribution in [2.45, 2.75) is 30.6 Å². The van der Waals surface area contributed by atoms with Gasteiger partial charge in [0.15, 0.2) is 0 Å². The Balaban J connectivity index is 1.58. The number of amides is 1. The maximum atomic E-state index is 13.1. The van der Waals surface area contributed by atoms with Gasteiger partial charge < -0.3 is 9.64 Å². The minimum atomic E-state index is -3.76. The van der Waals surface area contributed by atoms with Crippen molar-refractivity contribution in [2.24, 2.45) is 5.92 Å². The summed E-state index contributed by atoms with van der Waals surface area (Å²) in [6.45, 7) is 2.64. The Morgan fingerprint density at radius 1 is 1.14 bits per heavy atom. The van der Waals surface area contributed by atoms with Gasteiger partial charge in [0.05, 0.1) is 18.2 Å². The number of carbonyl (C=O) groups is 1. The normalized spacial score (nSPS) is 23.8. The van der Waals surface area contributed by atoms with Crippen molar-refractivity contribution in [3.8, 4) is 0 Å². The molecule has 2 saturated heterocycles. The van der Waals surface area contributed by atoms with Crippen LogP contribution in [0.5, 0.6) is 0 Å². The van der Waals surface area contributed by atoms with Crippen LogP contribution in [0.3, 0.4) is 0 Å². The zero-order valence-corrected chi connectivity index (χ0v) is 17.3. The van der Waals surface area contributed by atoms with Crippen LogP contribution < -0.4 is 0 Å². The van der Waals surface area contributed by atoms with Gasteiger partial charge in [-0.15, -0.1) is 0 Å². The number of nitrogens with zero attached hydrogens (tertiary/aromatic N) is 2. The molecule has 0 aromatic heterocycles. The van der Waals surface area contributed by atoms with E-state index in [1.807, 2.05) is 4.90 Å². The number of rotatable bonds is 3. The molecule has 0 saturated carbocycles. The molecule has 8 heteroatoms. The third-order valence-corrected chi connectivity index (χ3v) is 8.24. The molecule has 0 radical (unpaired) electrons. The molecule has 0 spiro atoms. The lowest BCUT2D eigenvalue weighted by atomic mass is 9.82. The van der Waals surface area contributed by atoms with E-state index in [0.29, 0.717) is 50.9 Å². The van der Waals surface area contributed by atoms with E-state index in [-0.39, 0.29) is 15.8 Å². The summed E-state index contributed by atoms with van der Waals surface area (Å²) in [5.41, 5.74) is 1.71. The van der Waals surface area contributed by atoms with Gasteiger partial charge in [0.25, 0.3) is 5.91 Å². The second-order valence-corrected chi connectivity index (χ2v) is 9.90. The standard InChI is InChI=1S/C20H25ClN2O4S/c21-18-6-5-16(13-19(18)28(25,26)23-9-11-27-12-10-23)20(24)22-8-7-15-3-1-2-4-17(15)14-22/h4-6,13,15H,1-3,7-12,14H2/t15-/m1/s1. The van der Waals surface area contributed by atoms with Crippen molar-refractivity contribution in [3.63, 3.8) is 0 Å². The molecule has 3 aliphatic rings. The molecule has 4 rings (SSSR count). The first-order valence-electron chi connectivity index (χ1n) is 9.82. The van der Waals surface area contributed by atoms with Gasteiger partial charge in [0, 0.05) is 31.7 Å². The molecule has 2 fully saturated rings. The SMILES string of the molecule is O=C(c1ccc(Cl)c(S(=O)(=O)N2CCOCC2)c1)N1CC[C@H]2CCCC=C2C1. The summed E-state index contributed by atoms with van der Waals surface area (Å²) >= 11 is 6.21. The molecule has 0 unspecified atom stereocenters. The third-order valence-electron chi connectivity index (χ3n) is 5.86. The molecule has 1 atom stereocenters. The van der Waals surface area contributed by atoms with E-state index in [9.17, 15) is 13.2 Å². The lowest BCUT2D eigenvalue weighted by molar-refractivity contribution is 0.0725. The number of sulfonamides is 1. The molecule has 2 aliphatic heterocycles. The summed E-state index contributed by atoms with van der Waals surface area (Å²) < 4.78 is 32.6. The largest absolute Gasteiger partial charge is 0.379 e. The van der Waals surface area contributed by atoms with Crippen molar-refractivity contribution >= 4 is 27.5 Å². The Morgan fingerprint density at radius 3 is 2.71 bits per heavy atom. The van der Waals surface area contributed by atoms with E-state index in [1.54, 1.807) is 6.07 Å². The number of ether oxygens (including phenoxy) is 1. The maximum Gasteiger partial charge on any atom is 0.254 e. The number of fused-ring (bicyclic) bond motifs is 1. The summed E-state index contributed by atoms with van der Waals surface area (Å²) in [6.07, 6.45) is 6.75. The molecule has 2 heterocycles. The van der Waals surface area contributed by atoms with Gasteiger partial charge in [0.2, 0.25) is 10.0 Å². The van der Waals surface area contributed by atoms with Crippen LogP contribution in [0.2, 0.25) is 5.02 Å². The van der Waals surface area contributed by atoms with Crippen molar-refractivity contribution in [2.75, 3.05) is 39.4 Å². The van der Waals surface area contributed by atoms with Crippen molar-refractivity contribution < 1.29 is 17.9 Å². The van der Waals surface area contributed by atoms with E-state index >= 15 is 0 Å². The van der Waals surface area contributed by atoms with Crippen molar-refractivity contribution in [3.05, 3.63) is 40.4 Å². The zero-order valence-electron chi connectivity index (χ0n) is 15.8. The van der Waals surface area contributed by atoms with Crippen LogP contribution in [0.25, 0.3) is 0 Å². The lowest BCUT2D eigenvalue weighted by Crippen LogP contribution is -2.41. The van der Waals surface area contributed by atoms with Gasteiger partial charge in [-0.2, -0.15) is 4.31 Å². The summed E-state index contributed by atoms with van der Waals surface area (Å²) in [5.74, 6) is 0.459. The number of carbonyl (C=O) groups excluding carboxylic acids is 1. The average molecular weight is 425 g/mol. The van der Waals surface area contributed by atoms with Crippen molar-refractivity contribution in [1.82, 2.24) is 9.21 Å². The predicted octanol–water partition coefficient (Wildman–Crippen LogP) is 2.93. The first-order chi connectivity index (χ1) is 13.5. The molecule has 1 aromatic carbocycles. The van der Waals surface area contributed by atoms with Gasteiger partial charge >= 0.3 is 0 Å². The number of benzene rings is 1. The van der Waals surface area contributed by atoms with Crippen LogP contribution in [0, 0.1) is 5.92 Å². The number of hydrogen-bond donors (Lipinski definition) is 0. The first kappa shape index (κ1) is 19.9. The second kappa shape index (κ2) is 8.14. The maximum absolute atomic E-state index is 13.1. The highest BCUT2D eigenvalue weighted by Gasteiger charge is 2.31. The molecule has 1 amide bonds. The molecule has 0 N–H and O–H groups in total. The Morgan fingerprint density at radius 2 is 1.93 bits per heavy atom. The predicted molar refractivity (Wildman–Crippen MR) is 107 cm³/mol. The minimum absolute atomic E-state index is 0.00585. The number of hydrogen-bond acceptors (Lipinski definition) is 4. The highest BCUT2D eigenvalue weighted by molar-refractivity contribution is 7.89. The monoisotopic (exact) mass is 424 g/mol. The van der Waals surface area contributed by atoms with Gasteiger partial charge in [0.1, 0.15) is 4.90 Å². The number of allylic oxidation sites excluding steroid dienone is 1. The summed E-state index contributed by atoms with van der Waals surface area (Å²) in [5, 5.41) is 0.136.